The molecule has 30 heavy (non-hydrogen) atoms. The summed E-state index contributed by atoms with van der Waals surface area (Å²) in [6.07, 6.45) is 7.94. The molecule has 1 saturated carbocycles. The molecule has 0 aliphatic heterocycles. The Balaban J connectivity index is 1.34. The lowest BCUT2D eigenvalue weighted by Gasteiger charge is -2.27. The van der Waals surface area contributed by atoms with Gasteiger partial charge in [0, 0.05) is 29.8 Å². The molecule has 0 amide bonds. The standard InChI is InChI=1S/C23H26N6S/c1-3-7-19(24-2)20-14-15-21-23(25-20)27-22(26-21)16-10-12-18(13-11-16)29-30-28-17-8-5-4-6-9-17/h3-9,14-16,18,28-29H,1-2,10-13H2,(H,25,26,27)/b19-7-. The Labute approximate surface area is 181 Å². The number of benzene rings is 1. The highest BCUT2D eigenvalue weighted by Crippen LogP contribution is 2.33. The van der Waals surface area contributed by atoms with Crippen LogP contribution in [0.1, 0.15) is 43.1 Å². The first-order chi connectivity index (χ1) is 14.8. The zero-order valence-corrected chi connectivity index (χ0v) is 17.7. The van der Waals surface area contributed by atoms with Gasteiger partial charge in [-0.2, -0.15) is 0 Å². The van der Waals surface area contributed by atoms with Crippen molar-refractivity contribution in [2.75, 3.05) is 4.72 Å². The molecule has 1 aliphatic rings. The molecule has 154 valence electrons. The normalized spacial score (nSPS) is 19.5. The quantitative estimate of drug-likeness (QED) is 0.257. The van der Waals surface area contributed by atoms with Gasteiger partial charge in [0.05, 0.1) is 16.9 Å². The molecule has 0 radical (unpaired) electrons. The first-order valence-corrected chi connectivity index (χ1v) is 11.0. The molecule has 0 bridgehead atoms. The van der Waals surface area contributed by atoms with Crippen molar-refractivity contribution in [3.05, 3.63) is 72.7 Å². The first kappa shape index (κ1) is 20.4. The molecular formula is C23H26N6S. The van der Waals surface area contributed by atoms with Crippen LogP contribution in [0, 0.1) is 0 Å². The maximum atomic E-state index is 4.78. The van der Waals surface area contributed by atoms with Crippen LogP contribution in [0.3, 0.4) is 0 Å². The van der Waals surface area contributed by atoms with Crippen LogP contribution in [0.2, 0.25) is 0 Å². The number of anilines is 1. The van der Waals surface area contributed by atoms with Gasteiger partial charge in [-0.25, -0.2) is 14.7 Å². The zero-order chi connectivity index (χ0) is 20.8. The molecule has 4 rings (SSSR count). The summed E-state index contributed by atoms with van der Waals surface area (Å²) in [5.41, 5.74) is 4.24. The van der Waals surface area contributed by atoms with Crippen molar-refractivity contribution in [3.63, 3.8) is 0 Å². The summed E-state index contributed by atoms with van der Waals surface area (Å²) in [4.78, 5) is 16.9. The second kappa shape index (κ2) is 9.73. The van der Waals surface area contributed by atoms with Crippen LogP contribution in [-0.2, 0) is 0 Å². The van der Waals surface area contributed by atoms with E-state index in [4.69, 9.17) is 4.98 Å². The van der Waals surface area contributed by atoms with E-state index in [0.717, 1.165) is 54.1 Å². The average Bonchev–Trinajstić information content (AvgIpc) is 3.22. The highest BCUT2D eigenvalue weighted by Gasteiger charge is 2.25. The number of H-pyrrole nitrogens is 1. The number of aromatic nitrogens is 3. The largest absolute Gasteiger partial charge is 0.340 e. The van der Waals surface area contributed by atoms with E-state index in [2.05, 4.69) is 49.8 Å². The van der Waals surface area contributed by atoms with Gasteiger partial charge >= 0.3 is 0 Å². The summed E-state index contributed by atoms with van der Waals surface area (Å²) in [6, 6.07) is 14.7. The van der Waals surface area contributed by atoms with E-state index in [1.165, 1.54) is 0 Å². The van der Waals surface area contributed by atoms with Crippen LogP contribution in [0.4, 0.5) is 5.69 Å². The van der Waals surface area contributed by atoms with Crippen LogP contribution in [0.25, 0.3) is 16.9 Å². The Hall–Kier alpha value is -2.90. The number of hydrogen-bond acceptors (Lipinski definition) is 6. The van der Waals surface area contributed by atoms with Crippen molar-refractivity contribution >= 4 is 41.4 Å². The van der Waals surface area contributed by atoms with Gasteiger partial charge in [0.1, 0.15) is 5.82 Å². The molecule has 7 heteroatoms. The molecule has 0 atom stereocenters. The fourth-order valence-corrected chi connectivity index (χ4v) is 4.46. The summed E-state index contributed by atoms with van der Waals surface area (Å²) in [6.45, 7) is 7.33. The third kappa shape index (κ3) is 4.80. The van der Waals surface area contributed by atoms with Crippen LogP contribution < -0.4 is 9.44 Å². The molecule has 3 aromatic rings. The van der Waals surface area contributed by atoms with Crippen molar-refractivity contribution in [3.8, 4) is 0 Å². The van der Waals surface area contributed by atoms with E-state index >= 15 is 0 Å². The molecule has 0 spiro atoms. The van der Waals surface area contributed by atoms with Gasteiger partial charge in [-0.3, -0.25) is 4.99 Å². The van der Waals surface area contributed by atoms with Crippen molar-refractivity contribution in [1.29, 1.82) is 0 Å². The van der Waals surface area contributed by atoms with Gasteiger partial charge in [-0.15, -0.1) is 0 Å². The molecule has 2 heterocycles. The minimum absolute atomic E-state index is 0.438. The lowest BCUT2D eigenvalue weighted by atomic mass is 9.86. The number of aliphatic imine (C=N–C) groups is 1. The summed E-state index contributed by atoms with van der Waals surface area (Å²) in [7, 11) is 0. The maximum Gasteiger partial charge on any atom is 0.178 e. The summed E-state index contributed by atoms with van der Waals surface area (Å²) in [5, 5.41) is 0. The molecule has 0 saturated heterocycles. The maximum absolute atomic E-state index is 4.78. The van der Waals surface area contributed by atoms with Gasteiger partial charge in [0.15, 0.2) is 5.65 Å². The SMILES string of the molecule is C=C/C=C(\N=C)c1ccc2[nH]c(C3CCC(NSNc4ccccc4)CC3)nc2n1. The molecule has 1 aliphatic carbocycles. The third-order valence-corrected chi connectivity index (χ3v) is 6.14. The summed E-state index contributed by atoms with van der Waals surface area (Å²) in [5.74, 6) is 1.47. The zero-order valence-electron chi connectivity index (χ0n) is 16.8. The predicted molar refractivity (Wildman–Crippen MR) is 127 cm³/mol. The molecule has 6 nitrogen and oxygen atoms in total. The lowest BCUT2D eigenvalue weighted by molar-refractivity contribution is 0.373. The molecular weight excluding hydrogens is 392 g/mol. The Morgan fingerprint density at radius 3 is 2.63 bits per heavy atom. The minimum atomic E-state index is 0.438. The van der Waals surface area contributed by atoms with Crippen LogP contribution in [0.5, 0.6) is 0 Å². The number of nitrogens with zero attached hydrogens (tertiary/aromatic N) is 3. The number of nitrogens with one attached hydrogen (secondary N) is 3. The second-order valence-corrected chi connectivity index (χ2v) is 8.02. The topological polar surface area (TPSA) is 78.0 Å². The Morgan fingerprint density at radius 1 is 1.10 bits per heavy atom. The van der Waals surface area contributed by atoms with E-state index < -0.39 is 0 Å². The van der Waals surface area contributed by atoms with Gasteiger partial charge in [0.25, 0.3) is 0 Å². The fourth-order valence-electron chi connectivity index (χ4n) is 3.74. The number of para-hydroxylation sites is 1. The molecule has 1 aromatic carbocycles. The Morgan fingerprint density at radius 2 is 1.90 bits per heavy atom. The Bertz CT molecular complexity index is 1030. The molecule has 3 N–H and O–H groups in total. The van der Waals surface area contributed by atoms with Gasteiger partial charge in [-0.1, -0.05) is 30.9 Å². The lowest BCUT2D eigenvalue weighted by Crippen LogP contribution is -2.29. The fraction of sp³-hybridized carbons (Fsp3) is 0.261. The monoisotopic (exact) mass is 418 g/mol. The number of allylic oxidation sites excluding steroid dienone is 2. The van der Waals surface area contributed by atoms with Crippen molar-refractivity contribution < 1.29 is 0 Å². The smallest absolute Gasteiger partial charge is 0.178 e. The van der Waals surface area contributed by atoms with E-state index in [0.29, 0.717) is 17.7 Å². The van der Waals surface area contributed by atoms with Crippen molar-refractivity contribution in [2.24, 2.45) is 4.99 Å². The molecule has 2 aromatic heterocycles. The van der Waals surface area contributed by atoms with Gasteiger partial charge in [-0.05, 0) is 62.7 Å². The first-order valence-electron chi connectivity index (χ1n) is 10.2. The van der Waals surface area contributed by atoms with Gasteiger partial charge < -0.3 is 9.71 Å². The van der Waals surface area contributed by atoms with E-state index in [1.807, 2.05) is 30.3 Å². The highest BCUT2D eigenvalue weighted by molar-refractivity contribution is 7.98. The Kier molecular flexibility index (Phi) is 6.61. The summed E-state index contributed by atoms with van der Waals surface area (Å²) < 4.78 is 6.88. The average molecular weight is 419 g/mol. The minimum Gasteiger partial charge on any atom is -0.340 e. The van der Waals surface area contributed by atoms with E-state index in [-0.39, 0.29) is 0 Å². The molecule has 0 unspecified atom stereocenters. The number of pyridine rings is 1. The summed E-state index contributed by atoms with van der Waals surface area (Å²) >= 11 is 1.56. The molecule has 1 fully saturated rings. The second-order valence-electron chi connectivity index (χ2n) is 7.37. The van der Waals surface area contributed by atoms with Crippen molar-refractivity contribution in [2.45, 2.75) is 37.6 Å². The van der Waals surface area contributed by atoms with Crippen LogP contribution in [-0.4, -0.2) is 27.7 Å². The number of fused-ring (bicyclic) bond motifs is 1. The van der Waals surface area contributed by atoms with Crippen LogP contribution >= 0.6 is 12.1 Å². The van der Waals surface area contributed by atoms with Crippen LogP contribution in [0.15, 0.2) is 66.2 Å². The van der Waals surface area contributed by atoms with Gasteiger partial charge in [0.2, 0.25) is 0 Å². The third-order valence-electron chi connectivity index (χ3n) is 5.35. The number of aromatic amines is 1. The van der Waals surface area contributed by atoms with Crippen molar-refractivity contribution in [1.82, 2.24) is 19.7 Å². The number of imidazole rings is 1. The predicted octanol–water partition coefficient (Wildman–Crippen LogP) is 5.48. The number of rotatable bonds is 8. The van der Waals surface area contributed by atoms with E-state index in [9.17, 15) is 0 Å². The highest BCUT2D eigenvalue weighted by atomic mass is 32.2. The van der Waals surface area contributed by atoms with E-state index in [1.54, 1.807) is 24.3 Å². The number of hydrogen-bond donors (Lipinski definition) is 3.